The van der Waals surface area contributed by atoms with E-state index in [0.717, 1.165) is 25.7 Å². The van der Waals surface area contributed by atoms with E-state index in [0.29, 0.717) is 18.8 Å². The highest BCUT2D eigenvalue weighted by Crippen LogP contribution is 2.25. The van der Waals surface area contributed by atoms with Crippen LogP contribution in [0.3, 0.4) is 0 Å². The first-order valence-corrected chi connectivity index (χ1v) is 6.69. The van der Waals surface area contributed by atoms with Gasteiger partial charge in [-0.3, -0.25) is 0 Å². The molecule has 1 N–H and O–H groups in total. The van der Waals surface area contributed by atoms with Crippen molar-refractivity contribution in [3.8, 4) is 0 Å². The zero-order valence-corrected chi connectivity index (χ0v) is 11.1. The van der Waals surface area contributed by atoms with Crippen LogP contribution < -0.4 is 0 Å². The van der Waals surface area contributed by atoms with Crippen molar-refractivity contribution in [2.75, 3.05) is 6.61 Å². The van der Waals surface area contributed by atoms with Crippen molar-refractivity contribution < 1.29 is 14.6 Å². The van der Waals surface area contributed by atoms with Gasteiger partial charge in [-0.15, -0.1) is 0 Å². The number of carboxylic acids is 1. The second-order valence-electron chi connectivity index (χ2n) is 4.89. The Hall–Kier alpha value is -1.29. The summed E-state index contributed by atoms with van der Waals surface area (Å²) in [7, 11) is 0. The number of hydrogen-bond acceptors (Lipinski definition) is 2. The van der Waals surface area contributed by atoms with Crippen molar-refractivity contribution >= 4 is 5.97 Å². The number of carboxylic acid groups (broad SMARTS) is 1. The van der Waals surface area contributed by atoms with Gasteiger partial charge >= 0.3 is 5.97 Å². The molecule has 1 unspecified atom stereocenters. The summed E-state index contributed by atoms with van der Waals surface area (Å²) in [5, 5.41) is 9.30. The van der Waals surface area contributed by atoms with Crippen molar-refractivity contribution in [2.45, 2.75) is 52.2 Å². The molecule has 1 atom stereocenters. The van der Waals surface area contributed by atoms with Crippen LogP contribution >= 0.6 is 0 Å². The number of hydrogen-bond donors (Lipinski definition) is 1. The molecule has 1 aromatic rings. The molecule has 100 valence electrons. The molecule has 0 radical (unpaired) electrons. The van der Waals surface area contributed by atoms with Gasteiger partial charge < -0.3 is 14.4 Å². The van der Waals surface area contributed by atoms with Crippen molar-refractivity contribution in [3.63, 3.8) is 0 Å². The number of fused-ring (bicyclic) bond motifs is 1. The fraction of sp³-hybridized carbons (Fsp3) is 0.643. The summed E-state index contributed by atoms with van der Waals surface area (Å²) in [6.07, 6.45) is 4.36. The van der Waals surface area contributed by atoms with Crippen LogP contribution in [0.2, 0.25) is 0 Å². The molecule has 4 heteroatoms. The molecule has 4 nitrogen and oxygen atoms in total. The van der Waals surface area contributed by atoms with Crippen LogP contribution in [0.4, 0.5) is 0 Å². The van der Waals surface area contributed by atoms with Crippen LogP contribution in [0.5, 0.6) is 0 Å². The van der Waals surface area contributed by atoms with Crippen LogP contribution in [0.15, 0.2) is 6.07 Å². The van der Waals surface area contributed by atoms with Gasteiger partial charge in [0.1, 0.15) is 5.69 Å². The van der Waals surface area contributed by atoms with E-state index < -0.39 is 5.97 Å². The van der Waals surface area contributed by atoms with Gasteiger partial charge in [0.15, 0.2) is 0 Å². The van der Waals surface area contributed by atoms with E-state index in [9.17, 15) is 9.90 Å². The molecular weight excluding hydrogens is 230 g/mol. The van der Waals surface area contributed by atoms with Crippen LogP contribution in [0.1, 0.15) is 48.4 Å². The van der Waals surface area contributed by atoms with Gasteiger partial charge in [0.2, 0.25) is 0 Å². The molecule has 1 aliphatic carbocycles. The summed E-state index contributed by atoms with van der Waals surface area (Å²) >= 11 is 0. The summed E-state index contributed by atoms with van der Waals surface area (Å²) in [5.41, 5.74) is 2.82. The highest BCUT2D eigenvalue weighted by Gasteiger charge is 2.22. The highest BCUT2D eigenvalue weighted by molar-refractivity contribution is 5.86. The Morgan fingerprint density at radius 3 is 2.89 bits per heavy atom. The molecule has 1 aliphatic rings. The minimum Gasteiger partial charge on any atom is -0.477 e. The monoisotopic (exact) mass is 251 g/mol. The first-order valence-electron chi connectivity index (χ1n) is 6.69. The van der Waals surface area contributed by atoms with E-state index >= 15 is 0 Å². The third-order valence-electron chi connectivity index (χ3n) is 3.52. The van der Waals surface area contributed by atoms with Gasteiger partial charge in [0.25, 0.3) is 0 Å². The number of ether oxygens (including phenoxy) is 1. The van der Waals surface area contributed by atoms with E-state index in [1.54, 1.807) is 0 Å². The Bertz CT molecular complexity index is 436. The normalized spacial score (nSPS) is 16.3. The summed E-state index contributed by atoms with van der Waals surface area (Å²) in [4.78, 5) is 11.3. The standard InChI is InChI=1S/C14H21NO3/c1-3-18-10(2)9-15-12-7-5-4-6-11(12)8-13(15)14(16)17/h8,10H,3-7,9H2,1-2H3,(H,16,17). The van der Waals surface area contributed by atoms with E-state index in [4.69, 9.17) is 4.74 Å². The first-order chi connectivity index (χ1) is 8.63. The number of aromatic nitrogens is 1. The molecule has 0 fully saturated rings. The minimum absolute atomic E-state index is 0.0477. The molecule has 1 heterocycles. The van der Waals surface area contributed by atoms with E-state index in [1.165, 1.54) is 11.3 Å². The third kappa shape index (κ3) is 2.58. The van der Waals surface area contributed by atoms with Crippen LogP contribution in [-0.2, 0) is 24.1 Å². The molecule has 0 saturated heterocycles. The number of rotatable bonds is 5. The van der Waals surface area contributed by atoms with E-state index in [1.807, 2.05) is 24.5 Å². The van der Waals surface area contributed by atoms with Crippen LogP contribution in [0.25, 0.3) is 0 Å². The van der Waals surface area contributed by atoms with Gasteiger partial charge in [0.05, 0.1) is 6.10 Å². The van der Waals surface area contributed by atoms with Gasteiger partial charge in [0, 0.05) is 18.8 Å². The summed E-state index contributed by atoms with van der Waals surface area (Å²) in [6.45, 7) is 5.24. The molecule has 0 aliphatic heterocycles. The van der Waals surface area contributed by atoms with Gasteiger partial charge in [-0.1, -0.05) is 0 Å². The molecule has 0 aromatic carbocycles. The van der Waals surface area contributed by atoms with Crippen molar-refractivity contribution in [3.05, 3.63) is 23.0 Å². The molecule has 0 amide bonds. The average molecular weight is 251 g/mol. The zero-order valence-electron chi connectivity index (χ0n) is 11.1. The second kappa shape index (κ2) is 5.57. The predicted octanol–water partition coefficient (Wildman–Crippen LogP) is 2.49. The van der Waals surface area contributed by atoms with Gasteiger partial charge in [-0.05, 0) is 51.2 Å². The fourth-order valence-electron chi connectivity index (χ4n) is 2.74. The van der Waals surface area contributed by atoms with Crippen molar-refractivity contribution in [2.24, 2.45) is 0 Å². The SMILES string of the molecule is CCOC(C)Cn1c(C(=O)O)cc2c1CCCC2. The Balaban J connectivity index is 2.30. The predicted molar refractivity (Wildman–Crippen MR) is 69.1 cm³/mol. The van der Waals surface area contributed by atoms with Gasteiger partial charge in [-0.2, -0.15) is 0 Å². The Kier molecular flexibility index (Phi) is 4.07. The Labute approximate surface area is 108 Å². The van der Waals surface area contributed by atoms with Crippen LogP contribution in [0, 0.1) is 0 Å². The number of nitrogens with zero attached hydrogens (tertiary/aromatic N) is 1. The number of aromatic carboxylic acids is 1. The molecule has 0 spiro atoms. The highest BCUT2D eigenvalue weighted by atomic mass is 16.5. The van der Waals surface area contributed by atoms with E-state index in [-0.39, 0.29) is 6.10 Å². The fourth-order valence-corrected chi connectivity index (χ4v) is 2.74. The molecule has 18 heavy (non-hydrogen) atoms. The van der Waals surface area contributed by atoms with E-state index in [2.05, 4.69) is 0 Å². The summed E-state index contributed by atoms with van der Waals surface area (Å²) < 4.78 is 7.47. The maximum absolute atomic E-state index is 11.3. The smallest absolute Gasteiger partial charge is 0.352 e. The Morgan fingerprint density at radius 2 is 2.22 bits per heavy atom. The topological polar surface area (TPSA) is 51.5 Å². The lowest BCUT2D eigenvalue weighted by molar-refractivity contribution is 0.0589. The lowest BCUT2D eigenvalue weighted by Gasteiger charge is -2.19. The molecule has 2 rings (SSSR count). The Morgan fingerprint density at radius 1 is 1.50 bits per heavy atom. The quantitative estimate of drug-likeness (QED) is 0.874. The molecule has 1 aromatic heterocycles. The van der Waals surface area contributed by atoms with Crippen LogP contribution in [-0.4, -0.2) is 28.4 Å². The third-order valence-corrected chi connectivity index (χ3v) is 3.52. The largest absolute Gasteiger partial charge is 0.477 e. The molecule has 0 bridgehead atoms. The number of aryl methyl sites for hydroxylation is 1. The lowest BCUT2D eigenvalue weighted by atomic mass is 9.98. The average Bonchev–Trinajstić information content (AvgIpc) is 2.69. The summed E-state index contributed by atoms with van der Waals surface area (Å²) in [6, 6.07) is 1.84. The maximum Gasteiger partial charge on any atom is 0.352 e. The first kappa shape index (κ1) is 13.1. The van der Waals surface area contributed by atoms with Crippen molar-refractivity contribution in [1.82, 2.24) is 4.57 Å². The molecular formula is C14H21NO3. The minimum atomic E-state index is -0.840. The zero-order chi connectivity index (χ0) is 13.1. The second-order valence-corrected chi connectivity index (χ2v) is 4.89. The van der Waals surface area contributed by atoms with Gasteiger partial charge in [-0.25, -0.2) is 4.79 Å². The van der Waals surface area contributed by atoms with Crippen molar-refractivity contribution in [1.29, 1.82) is 0 Å². The lowest BCUT2D eigenvalue weighted by Crippen LogP contribution is -2.22. The summed E-state index contributed by atoms with van der Waals surface area (Å²) in [5.74, 6) is -0.840. The maximum atomic E-state index is 11.3. The number of carbonyl (C=O) groups is 1. The molecule has 0 saturated carbocycles.